The molecule has 38 heavy (non-hydrogen) atoms. The fourth-order valence-corrected chi connectivity index (χ4v) is 4.59. The normalized spacial score (nSPS) is 12.4. The van der Waals surface area contributed by atoms with Crippen molar-refractivity contribution in [2.75, 3.05) is 5.32 Å². The fourth-order valence-electron chi connectivity index (χ4n) is 4.59. The van der Waals surface area contributed by atoms with Crippen LogP contribution in [0.5, 0.6) is 0 Å². The Hall–Kier alpha value is -4.70. The number of benzene rings is 1. The molecule has 0 radical (unpaired) electrons. The maximum Gasteiger partial charge on any atom is 0.160 e. The van der Waals surface area contributed by atoms with Crippen LogP contribution in [0.3, 0.4) is 0 Å². The van der Waals surface area contributed by atoms with Crippen molar-refractivity contribution in [3.05, 3.63) is 73.2 Å². The molecule has 1 atom stereocenters. The summed E-state index contributed by atoms with van der Waals surface area (Å²) >= 11 is 0. The Morgan fingerprint density at radius 2 is 1.82 bits per heavy atom. The molecule has 10 heteroatoms. The van der Waals surface area contributed by atoms with E-state index in [9.17, 15) is 5.11 Å². The predicted octanol–water partition coefficient (Wildman–Crippen LogP) is 5.54. The molecule has 5 heterocycles. The lowest BCUT2D eigenvalue weighted by molar-refractivity contribution is 0.176. The van der Waals surface area contributed by atoms with E-state index in [0.717, 1.165) is 11.1 Å². The van der Waals surface area contributed by atoms with Crippen molar-refractivity contribution in [3.8, 4) is 33.8 Å². The molecule has 6 rings (SSSR count). The molecule has 190 valence electrons. The van der Waals surface area contributed by atoms with E-state index in [4.69, 9.17) is 4.98 Å². The summed E-state index contributed by atoms with van der Waals surface area (Å²) in [7, 11) is 0. The minimum atomic E-state index is -0.724. The number of pyridine rings is 3. The van der Waals surface area contributed by atoms with E-state index >= 15 is 4.39 Å². The van der Waals surface area contributed by atoms with Gasteiger partial charge in [-0.2, -0.15) is 5.10 Å². The van der Waals surface area contributed by atoms with Crippen molar-refractivity contribution in [3.63, 3.8) is 0 Å². The van der Waals surface area contributed by atoms with Gasteiger partial charge in [0.05, 0.1) is 17.4 Å². The lowest BCUT2D eigenvalue weighted by Crippen LogP contribution is -2.20. The second-order valence-corrected chi connectivity index (χ2v) is 9.58. The average Bonchev–Trinajstić information content (AvgIpc) is 3.52. The highest BCUT2D eigenvalue weighted by Gasteiger charge is 2.18. The summed E-state index contributed by atoms with van der Waals surface area (Å²) < 4.78 is 15.2. The molecular weight excluding hydrogens is 483 g/mol. The average molecular weight is 509 g/mol. The molecule has 0 fully saturated rings. The van der Waals surface area contributed by atoms with Crippen LogP contribution >= 0.6 is 0 Å². The molecule has 0 saturated carbocycles. The molecule has 6 aromatic rings. The summed E-state index contributed by atoms with van der Waals surface area (Å²) in [6.07, 6.45) is 8.25. The number of aliphatic hydroxyl groups excluding tert-OH is 1. The van der Waals surface area contributed by atoms with E-state index in [-0.39, 0.29) is 0 Å². The number of nitrogens with zero attached hydrogens (tertiary/aromatic N) is 5. The minimum absolute atomic E-state index is 0.322. The van der Waals surface area contributed by atoms with Gasteiger partial charge in [-0.3, -0.25) is 15.1 Å². The zero-order valence-corrected chi connectivity index (χ0v) is 20.8. The summed E-state index contributed by atoms with van der Waals surface area (Å²) in [6, 6.07) is 10.7. The molecule has 4 N–H and O–H groups in total. The molecule has 0 aliphatic carbocycles. The van der Waals surface area contributed by atoms with E-state index in [1.165, 1.54) is 6.07 Å². The Morgan fingerprint density at radius 1 is 0.974 bits per heavy atom. The Balaban J connectivity index is 1.41. The van der Waals surface area contributed by atoms with E-state index < -0.39 is 12.0 Å². The van der Waals surface area contributed by atoms with Crippen LogP contribution in [-0.2, 0) is 0 Å². The van der Waals surface area contributed by atoms with Crippen molar-refractivity contribution in [1.82, 2.24) is 35.1 Å². The zero-order valence-electron chi connectivity index (χ0n) is 20.8. The van der Waals surface area contributed by atoms with Gasteiger partial charge in [0.15, 0.2) is 11.5 Å². The van der Waals surface area contributed by atoms with Gasteiger partial charge in [-0.15, -0.1) is 0 Å². The first-order valence-electron chi connectivity index (χ1n) is 12.3. The summed E-state index contributed by atoms with van der Waals surface area (Å²) in [6.45, 7) is 4.06. The molecule has 5 aromatic heterocycles. The number of aromatic nitrogens is 7. The first-order chi connectivity index (χ1) is 18.5. The van der Waals surface area contributed by atoms with Crippen LogP contribution in [0.4, 0.5) is 10.1 Å². The van der Waals surface area contributed by atoms with Gasteiger partial charge in [0.1, 0.15) is 23.3 Å². The topological polar surface area (TPSA) is 128 Å². The molecule has 9 nitrogen and oxygen atoms in total. The number of aromatic amines is 2. The third-order valence-electron chi connectivity index (χ3n) is 6.33. The van der Waals surface area contributed by atoms with E-state index in [0.29, 0.717) is 62.7 Å². The number of fused-ring (bicyclic) bond motifs is 2. The third-order valence-corrected chi connectivity index (χ3v) is 6.33. The number of imidazole rings is 1. The Kier molecular flexibility index (Phi) is 6.01. The number of halogens is 1. The Morgan fingerprint density at radius 3 is 2.63 bits per heavy atom. The van der Waals surface area contributed by atoms with E-state index in [2.05, 4.69) is 35.5 Å². The SMILES string of the molecule is CC(C)CC(O)Nc1cncc(-c2cc3c(-c4nc5c(-c6ccncc6)ccnc5[nH]4)n[nH]c3cc2F)c1. The molecule has 0 spiro atoms. The second kappa shape index (κ2) is 9.64. The lowest BCUT2D eigenvalue weighted by Gasteiger charge is -2.16. The van der Waals surface area contributed by atoms with Crippen molar-refractivity contribution in [2.45, 2.75) is 26.5 Å². The first-order valence-corrected chi connectivity index (χ1v) is 12.3. The molecule has 1 aromatic carbocycles. The molecule has 0 bridgehead atoms. The molecule has 0 saturated heterocycles. The van der Waals surface area contributed by atoms with Crippen molar-refractivity contribution in [2.24, 2.45) is 5.92 Å². The monoisotopic (exact) mass is 508 g/mol. The van der Waals surface area contributed by atoms with Crippen LogP contribution in [0, 0.1) is 11.7 Å². The maximum atomic E-state index is 15.2. The lowest BCUT2D eigenvalue weighted by atomic mass is 10.0. The second-order valence-electron chi connectivity index (χ2n) is 9.58. The summed E-state index contributed by atoms with van der Waals surface area (Å²) in [5.41, 5.74) is 5.85. The molecule has 0 amide bonds. The van der Waals surface area contributed by atoms with Gasteiger partial charge in [0.2, 0.25) is 0 Å². The minimum Gasteiger partial charge on any atom is -0.374 e. The number of nitrogens with one attached hydrogen (secondary N) is 3. The molecular formula is C28H25FN8O. The smallest absolute Gasteiger partial charge is 0.160 e. The van der Waals surface area contributed by atoms with Gasteiger partial charge in [-0.25, -0.2) is 14.4 Å². The van der Waals surface area contributed by atoms with Gasteiger partial charge < -0.3 is 15.4 Å². The van der Waals surface area contributed by atoms with Crippen LogP contribution in [0.25, 0.3) is 55.8 Å². The number of rotatable bonds is 7. The fraction of sp³-hybridized carbons (Fsp3) is 0.179. The maximum absolute atomic E-state index is 15.2. The first kappa shape index (κ1) is 23.7. The zero-order chi connectivity index (χ0) is 26.2. The summed E-state index contributed by atoms with van der Waals surface area (Å²) in [4.78, 5) is 20.9. The number of anilines is 1. The summed E-state index contributed by atoms with van der Waals surface area (Å²) in [5.74, 6) is 0.422. The van der Waals surface area contributed by atoms with Crippen molar-refractivity contribution >= 4 is 27.8 Å². The Bertz CT molecular complexity index is 1740. The van der Waals surface area contributed by atoms with Crippen LogP contribution in [0.1, 0.15) is 20.3 Å². The van der Waals surface area contributed by atoms with Gasteiger partial charge in [-0.1, -0.05) is 13.8 Å². The van der Waals surface area contributed by atoms with Gasteiger partial charge in [0, 0.05) is 52.9 Å². The number of hydrogen-bond acceptors (Lipinski definition) is 7. The standard InChI is InChI=1S/C28H25FN8O/c1-15(2)9-24(38)33-18-10-17(13-31-14-18)20-11-21-23(12-22(20)29)36-37-26(21)28-34-25-19(5-8-32-27(25)35-28)16-3-6-30-7-4-16/h3-8,10-15,24,33,38H,9H2,1-2H3,(H,36,37)(H,32,34,35). The number of hydrogen-bond donors (Lipinski definition) is 4. The van der Waals surface area contributed by atoms with Crippen molar-refractivity contribution in [1.29, 1.82) is 0 Å². The highest BCUT2D eigenvalue weighted by molar-refractivity contribution is 5.97. The number of H-pyrrole nitrogens is 2. The highest BCUT2D eigenvalue weighted by atomic mass is 19.1. The van der Waals surface area contributed by atoms with Crippen LogP contribution in [0.2, 0.25) is 0 Å². The molecule has 0 aliphatic heterocycles. The third kappa shape index (κ3) is 4.46. The number of aliphatic hydroxyl groups is 1. The predicted molar refractivity (Wildman–Crippen MR) is 144 cm³/mol. The quantitative estimate of drug-likeness (QED) is 0.208. The molecule has 0 aliphatic rings. The van der Waals surface area contributed by atoms with E-state index in [1.807, 2.05) is 32.0 Å². The van der Waals surface area contributed by atoms with Crippen LogP contribution in [0.15, 0.2) is 67.4 Å². The van der Waals surface area contributed by atoms with Gasteiger partial charge in [-0.05, 0) is 48.2 Å². The Labute approximate surface area is 217 Å². The van der Waals surface area contributed by atoms with Gasteiger partial charge >= 0.3 is 0 Å². The van der Waals surface area contributed by atoms with Crippen LogP contribution < -0.4 is 5.32 Å². The highest BCUT2D eigenvalue weighted by Crippen LogP contribution is 2.34. The van der Waals surface area contributed by atoms with Crippen molar-refractivity contribution < 1.29 is 9.50 Å². The summed E-state index contributed by atoms with van der Waals surface area (Å²) in [5, 5.41) is 21.4. The van der Waals surface area contributed by atoms with Gasteiger partial charge in [0.25, 0.3) is 0 Å². The molecule has 1 unspecified atom stereocenters. The van der Waals surface area contributed by atoms with E-state index in [1.54, 1.807) is 43.1 Å². The largest absolute Gasteiger partial charge is 0.374 e. The van der Waals surface area contributed by atoms with Crippen LogP contribution in [-0.4, -0.2) is 46.5 Å².